The molecular weight excluding hydrogens is 490 g/mol. The van der Waals surface area contributed by atoms with Crippen molar-refractivity contribution >= 4 is 55.3 Å². The second-order valence-electron chi connectivity index (χ2n) is 7.38. The van der Waals surface area contributed by atoms with Crippen LogP contribution in [0.4, 0.5) is 5.13 Å². The molecule has 0 bridgehead atoms. The second-order valence-corrected chi connectivity index (χ2v) is 12.5. The predicted octanol–water partition coefficient (Wildman–Crippen LogP) is 4.88. The van der Waals surface area contributed by atoms with E-state index in [4.69, 9.17) is 16.3 Å². The van der Waals surface area contributed by atoms with Gasteiger partial charge in [0.2, 0.25) is 5.91 Å². The highest BCUT2D eigenvalue weighted by molar-refractivity contribution is 7.91. The highest BCUT2D eigenvalue weighted by Gasteiger charge is 2.33. The van der Waals surface area contributed by atoms with Gasteiger partial charge in [-0.2, -0.15) is 4.31 Å². The zero-order valence-corrected chi connectivity index (χ0v) is 20.7. The van der Waals surface area contributed by atoms with Gasteiger partial charge in [-0.3, -0.25) is 4.79 Å². The third-order valence-electron chi connectivity index (χ3n) is 5.36. The summed E-state index contributed by atoms with van der Waals surface area (Å²) >= 11 is 8.35. The molecule has 11 heteroatoms. The zero-order chi connectivity index (χ0) is 22.9. The van der Waals surface area contributed by atoms with Crippen molar-refractivity contribution < 1.29 is 17.9 Å². The summed E-state index contributed by atoms with van der Waals surface area (Å²) in [6, 6.07) is 10.7. The number of carbonyl (C=O) groups is 1. The molecule has 170 valence electrons. The number of piperidine rings is 1. The Morgan fingerprint density at radius 3 is 2.44 bits per heavy atom. The van der Waals surface area contributed by atoms with Crippen molar-refractivity contribution in [1.82, 2.24) is 9.29 Å². The Morgan fingerprint density at radius 1 is 1.16 bits per heavy atom. The summed E-state index contributed by atoms with van der Waals surface area (Å²) in [4.78, 5) is 18.4. The Hall–Kier alpha value is -1.98. The minimum absolute atomic E-state index is 0.128. The van der Waals surface area contributed by atoms with E-state index in [1.165, 1.54) is 21.7 Å². The molecular formula is C21H22ClN3O4S3. The van der Waals surface area contributed by atoms with Gasteiger partial charge in [0.1, 0.15) is 9.96 Å². The molecule has 1 saturated heterocycles. The topological polar surface area (TPSA) is 88.6 Å². The molecule has 32 heavy (non-hydrogen) atoms. The molecule has 1 amide bonds. The highest BCUT2D eigenvalue weighted by atomic mass is 35.5. The van der Waals surface area contributed by atoms with Crippen LogP contribution in [0.3, 0.4) is 0 Å². The quantitative estimate of drug-likeness (QED) is 0.509. The van der Waals surface area contributed by atoms with Crippen molar-refractivity contribution in [1.29, 1.82) is 0 Å². The maximum Gasteiger partial charge on any atom is 0.252 e. The number of thiazole rings is 1. The molecule has 0 saturated carbocycles. The lowest BCUT2D eigenvalue weighted by Gasteiger charge is -2.29. The molecule has 3 aromatic rings. The lowest BCUT2D eigenvalue weighted by Crippen LogP contribution is -2.41. The number of rotatable bonds is 6. The molecule has 4 rings (SSSR count). The average molecular weight is 512 g/mol. The molecule has 0 atom stereocenters. The minimum Gasteiger partial charge on any atom is -0.497 e. The first-order valence-corrected chi connectivity index (χ1v) is 13.4. The number of nitrogens with zero attached hydrogens (tertiary/aromatic N) is 2. The van der Waals surface area contributed by atoms with E-state index in [1.54, 1.807) is 13.2 Å². The SMILES string of the molecule is COc1ccc(-c2nc(NC(=O)C3CCN(S(=O)(=O)c4ccc(Cl)s4)CC3)sc2C)cc1. The number of thiophene rings is 1. The average Bonchev–Trinajstić information content (AvgIpc) is 3.39. The van der Waals surface area contributed by atoms with Crippen LogP contribution in [0.2, 0.25) is 4.34 Å². The molecule has 1 aliphatic rings. The molecule has 1 aliphatic heterocycles. The number of hydrogen-bond donors (Lipinski definition) is 1. The van der Waals surface area contributed by atoms with Crippen molar-refractivity contribution in [2.45, 2.75) is 24.0 Å². The van der Waals surface area contributed by atoms with Gasteiger partial charge in [0.05, 0.1) is 17.1 Å². The van der Waals surface area contributed by atoms with Gasteiger partial charge < -0.3 is 10.1 Å². The number of carbonyl (C=O) groups excluding carboxylic acids is 1. The Labute approximate surface area is 200 Å². The van der Waals surface area contributed by atoms with Gasteiger partial charge in [0.15, 0.2) is 5.13 Å². The van der Waals surface area contributed by atoms with Crippen molar-refractivity contribution in [2.24, 2.45) is 5.92 Å². The molecule has 0 radical (unpaired) electrons. The third kappa shape index (κ3) is 4.84. The largest absolute Gasteiger partial charge is 0.497 e. The predicted molar refractivity (Wildman–Crippen MR) is 128 cm³/mol. The molecule has 1 N–H and O–H groups in total. The fraction of sp³-hybridized carbons (Fsp3) is 0.333. The lowest BCUT2D eigenvalue weighted by molar-refractivity contribution is -0.120. The minimum atomic E-state index is -3.57. The van der Waals surface area contributed by atoms with E-state index < -0.39 is 10.0 Å². The van der Waals surface area contributed by atoms with Crippen LogP contribution < -0.4 is 10.1 Å². The van der Waals surface area contributed by atoms with Crippen LogP contribution in [0.1, 0.15) is 17.7 Å². The monoisotopic (exact) mass is 511 g/mol. The fourth-order valence-electron chi connectivity index (χ4n) is 3.60. The number of nitrogens with one attached hydrogen (secondary N) is 1. The lowest BCUT2D eigenvalue weighted by atomic mass is 9.97. The van der Waals surface area contributed by atoms with Crippen LogP contribution in [0.5, 0.6) is 5.75 Å². The maximum absolute atomic E-state index is 12.8. The number of hydrogen-bond acceptors (Lipinski definition) is 7. The summed E-state index contributed by atoms with van der Waals surface area (Å²) in [5.41, 5.74) is 1.77. The first-order valence-electron chi connectivity index (χ1n) is 9.96. The molecule has 0 unspecified atom stereocenters. The number of benzene rings is 1. The summed E-state index contributed by atoms with van der Waals surface area (Å²) < 4.78 is 32.8. The number of halogens is 1. The number of aryl methyl sites for hydroxylation is 1. The Balaban J connectivity index is 1.38. The fourth-order valence-corrected chi connectivity index (χ4v) is 7.54. The number of sulfonamides is 1. The molecule has 1 fully saturated rings. The van der Waals surface area contributed by atoms with E-state index in [0.717, 1.165) is 33.2 Å². The standard InChI is InChI=1S/C21H22ClN3O4S3/c1-13-19(14-3-5-16(29-2)6-4-14)23-21(30-13)24-20(26)15-9-11-25(12-10-15)32(27,28)18-8-7-17(22)31-18/h3-8,15H,9-12H2,1-2H3,(H,23,24,26). The van der Waals surface area contributed by atoms with E-state index in [-0.39, 0.29) is 16.0 Å². The first-order chi connectivity index (χ1) is 15.3. The van der Waals surface area contributed by atoms with Crippen LogP contribution in [0.25, 0.3) is 11.3 Å². The summed E-state index contributed by atoms with van der Waals surface area (Å²) in [6.45, 7) is 2.56. The molecule has 0 aliphatic carbocycles. The number of methoxy groups -OCH3 is 1. The van der Waals surface area contributed by atoms with Crippen molar-refractivity contribution in [3.63, 3.8) is 0 Å². The first kappa shape index (κ1) is 23.2. The summed E-state index contributed by atoms with van der Waals surface area (Å²) in [6.07, 6.45) is 0.916. The molecule has 3 heterocycles. The highest BCUT2D eigenvalue weighted by Crippen LogP contribution is 2.33. The summed E-state index contributed by atoms with van der Waals surface area (Å²) in [5.74, 6) is 0.379. The van der Waals surface area contributed by atoms with Crippen molar-refractivity contribution in [3.05, 3.63) is 45.6 Å². The molecule has 2 aromatic heterocycles. The Kier molecular flexibility index (Phi) is 6.87. The zero-order valence-electron chi connectivity index (χ0n) is 17.5. The van der Waals surface area contributed by atoms with Gasteiger partial charge in [-0.1, -0.05) is 11.6 Å². The normalized spacial score (nSPS) is 15.6. The van der Waals surface area contributed by atoms with Crippen LogP contribution in [-0.4, -0.2) is 43.8 Å². The van der Waals surface area contributed by atoms with E-state index in [2.05, 4.69) is 10.3 Å². The van der Waals surface area contributed by atoms with Crippen LogP contribution in [0, 0.1) is 12.8 Å². The van der Waals surface area contributed by atoms with Gasteiger partial charge in [-0.15, -0.1) is 22.7 Å². The van der Waals surface area contributed by atoms with Crippen LogP contribution in [0.15, 0.2) is 40.6 Å². The van der Waals surface area contributed by atoms with E-state index in [1.807, 2.05) is 31.2 Å². The molecule has 0 spiro atoms. The van der Waals surface area contributed by atoms with Crippen LogP contribution >= 0.6 is 34.3 Å². The van der Waals surface area contributed by atoms with Gasteiger partial charge in [-0.25, -0.2) is 13.4 Å². The number of aromatic nitrogens is 1. The molecule has 1 aromatic carbocycles. The Bertz CT molecular complexity index is 1210. The second kappa shape index (κ2) is 9.48. The summed E-state index contributed by atoms with van der Waals surface area (Å²) in [5, 5.41) is 3.46. The van der Waals surface area contributed by atoms with Gasteiger partial charge in [0, 0.05) is 29.4 Å². The van der Waals surface area contributed by atoms with Gasteiger partial charge >= 0.3 is 0 Å². The van der Waals surface area contributed by atoms with E-state index >= 15 is 0 Å². The van der Waals surface area contributed by atoms with Crippen LogP contribution in [-0.2, 0) is 14.8 Å². The Morgan fingerprint density at radius 2 is 1.84 bits per heavy atom. The van der Waals surface area contributed by atoms with E-state index in [0.29, 0.717) is 35.4 Å². The number of anilines is 1. The van der Waals surface area contributed by atoms with E-state index in [9.17, 15) is 13.2 Å². The van der Waals surface area contributed by atoms with Gasteiger partial charge in [0.25, 0.3) is 10.0 Å². The van der Waals surface area contributed by atoms with Crippen molar-refractivity contribution in [2.75, 3.05) is 25.5 Å². The summed E-state index contributed by atoms with van der Waals surface area (Å²) in [7, 11) is -1.95. The third-order valence-corrected chi connectivity index (χ3v) is 9.84. The number of ether oxygens (including phenoxy) is 1. The number of amides is 1. The maximum atomic E-state index is 12.8. The smallest absolute Gasteiger partial charge is 0.252 e. The van der Waals surface area contributed by atoms with Crippen molar-refractivity contribution in [3.8, 4) is 17.0 Å². The molecule has 7 nitrogen and oxygen atoms in total. The van der Waals surface area contributed by atoms with Gasteiger partial charge in [-0.05, 0) is 56.2 Å².